The van der Waals surface area contributed by atoms with Gasteiger partial charge in [-0.05, 0) is 62.6 Å². The summed E-state index contributed by atoms with van der Waals surface area (Å²) < 4.78 is 31.6. The monoisotopic (exact) mass is 388 g/mol. The second-order valence-electron chi connectivity index (χ2n) is 6.88. The molecule has 0 unspecified atom stereocenters. The zero-order valence-electron chi connectivity index (χ0n) is 15.7. The molecule has 1 amide bonds. The molecule has 0 aromatic heterocycles. The normalized spacial score (nSPS) is 21.5. The lowest BCUT2D eigenvalue weighted by molar-refractivity contribution is -0.118. The standard InChI is InChI=1S/C20H24N2O4S/c1-15-14-17(26-3)10-11-18(15)21-19(23)20(2)12-7-13-22(27(20,24)25)16-8-5-4-6-9-16/h4-6,8-11,14H,7,12-13H2,1-3H3,(H,21,23)/t20-/m0/s1. The molecule has 1 aliphatic heterocycles. The maximum absolute atomic E-state index is 13.3. The fraction of sp³-hybridized carbons (Fsp3) is 0.350. The molecule has 1 fully saturated rings. The smallest absolute Gasteiger partial charge is 0.249 e. The van der Waals surface area contributed by atoms with Crippen LogP contribution in [0.4, 0.5) is 11.4 Å². The zero-order chi connectivity index (χ0) is 19.7. The SMILES string of the molecule is COc1ccc(NC(=O)[C@]2(C)CCCN(c3ccccc3)S2(=O)=O)c(C)c1. The molecule has 1 N–H and O–H groups in total. The quantitative estimate of drug-likeness (QED) is 0.872. The van der Waals surface area contributed by atoms with Crippen molar-refractivity contribution >= 4 is 27.3 Å². The first-order valence-corrected chi connectivity index (χ1v) is 10.3. The molecule has 0 aliphatic carbocycles. The number of ether oxygens (including phenoxy) is 1. The molecule has 7 heteroatoms. The van der Waals surface area contributed by atoms with Crippen molar-refractivity contribution in [3.8, 4) is 5.75 Å². The fourth-order valence-corrected chi connectivity index (χ4v) is 5.25. The highest BCUT2D eigenvalue weighted by atomic mass is 32.2. The van der Waals surface area contributed by atoms with Crippen LogP contribution in [0.3, 0.4) is 0 Å². The molecule has 0 saturated carbocycles. The first kappa shape index (κ1) is 19.2. The molecule has 0 bridgehead atoms. The van der Waals surface area contributed by atoms with Gasteiger partial charge in [0.2, 0.25) is 15.9 Å². The van der Waals surface area contributed by atoms with E-state index in [9.17, 15) is 13.2 Å². The van der Waals surface area contributed by atoms with E-state index in [1.165, 1.54) is 11.2 Å². The fourth-order valence-electron chi connectivity index (χ4n) is 3.30. The summed E-state index contributed by atoms with van der Waals surface area (Å²) in [6.45, 7) is 3.72. The number of amides is 1. The summed E-state index contributed by atoms with van der Waals surface area (Å²) in [4.78, 5) is 13.0. The summed E-state index contributed by atoms with van der Waals surface area (Å²) in [6.07, 6.45) is 0.888. The third kappa shape index (κ3) is 3.39. The van der Waals surface area contributed by atoms with E-state index in [0.717, 1.165) is 5.56 Å². The summed E-state index contributed by atoms with van der Waals surface area (Å²) >= 11 is 0. The maximum Gasteiger partial charge on any atom is 0.249 e. The highest BCUT2D eigenvalue weighted by molar-refractivity contribution is 7.95. The average molecular weight is 388 g/mol. The van der Waals surface area contributed by atoms with E-state index in [-0.39, 0.29) is 6.42 Å². The number of sulfonamides is 1. The molecule has 144 valence electrons. The molecule has 1 atom stereocenters. The van der Waals surface area contributed by atoms with Crippen LogP contribution in [0.1, 0.15) is 25.3 Å². The molecular weight excluding hydrogens is 364 g/mol. The van der Waals surface area contributed by atoms with Crippen LogP contribution in [0, 0.1) is 6.92 Å². The Bertz CT molecular complexity index is 944. The summed E-state index contributed by atoms with van der Waals surface area (Å²) in [5.74, 6) is 0.161. The van der Waals surface area contributed by atoms with Crippen molar-refractivity contribution < 1.29 is 17.9 Å². The largest absolute Gasteiger partial charge is 0.497 e. The van der Waals surface area contributed by atoms with Gasteiger partial charge in [0, 0.05) is 12.2 Å². The van der Waals surface area contributed by atoms with Crippen molar-refractivity contribution in [1.82, 2.24) is 0 Å². The lowest BCUT2D eigenvalue weighted by Gasteiger charge is -2.39. The van der Waals surface area contributed by atoms with E-state index in [1.54, 1.807) is 49.6 Å². The Morgan fingerprint density at radius 2 is 1.89 bits per heavy atom. The second kappa shape index (κ2) is 7.23. The van der Waals surface area contributed by atoms with Gasteiger partial charge in [0.25, 0.3) is 0 Å². The van der Waals surface area contributed by atoms with Crippen LogP contribution < -0.4 is 14.4 Å². The van der Waals surface area contributed by atoms with Gasteiger partial charge in [-0.2, -0.15) is 0 Å². The van der Waals surface area contributed by atoms with E-state index in [2.05, 4.69) is 5.32 Å². The Labute approximate surface area is 160 Å². The molecule has 0 radical (unpaired) electrons. The van der Waals surface area contributed by atoms with E-state index in [4.69, 9.17) is 4.74 Å². The van der Waals surface area contributed by atoms with Crippen LogP contribution in [-0.2, 0) is 14.8 Å². The summed E-state index contributed by atoms with van der Waals surface area (Å²) in [6, 6.07) is 14.2. The van der Waals surface area contributed by atoms with Crippen molar-refractivity contribution in [2.24, 2.45) is 0 Å². The van der Waals surface area contributed by atoms with Gasteiger partial charge in [0.05, 0.1) is 12.8 Å². The van der Waals surface area contributed by atoms with Gasteiger partial charge in [-0.3, -0.25) is 9.10 Å². The number of aryl methyl sites for hydroxylation is 1. The molecule has 27 heavy (non-hydrogen) atoms. The number of carbonyl (C=O) groups is 1. The molecular formula is C20H24N2O4S. The number of hydrogen-bond donors (Lipinski definition) is 1. The third-order valence-corrected chi connectivity index (χ3v) is 7.58. The number of nitrogens with zero attached hydrogens (tertiary/aromatic N) is 1. The molecule has 1 heterocycles. The van der Waals surface area contributed by atoms with Crippen LogP contribution in [-0.4, -0.2) is 32.7 Å². The van der Waals surface area contributed by atoms with Gasteiger partial charge in [0.1, 0.15) is 5.75 Å². The first-order chi connectivity index (χ1) is 12.8. The van der Waals surface area contributed by atoms with Crippen molar-refractivity contribution in [3.05, 3.63) is 54.1 Å². The van der Waals surface area contributed by atoms with Gasteiger partial charge in [0.15, 0.2) is 4.75 Å². The lowest BCUT2D eigenvalue weighted by Crippen LogP contribution is -2.57. The highest BCUT2D eigenvalue weighted by Crippen LogP contribution is 2.36. The summed E-state index contributed by atoms with van der Waals surface area (Å²) in [5, 5.41) is 2.80. The minimum Gasteiger partial charge on any atom is -0.497 e. The van der Waals surface area contributed by atoms with E-state index in [1.807, 2.05) is 13.0 Å². The lowest BCUT2D eigenvalue weighted by atomic mass is 10.0. The minimum absolute atomic E-state index is 0.277. The third-order valence-electron chi connectivity index (χ3n) is 5.08. The number of carbonyl (C=O) groups excluding carboxylic acids is 1. The Morgan fingerprint density at radius 3 is 2.52 bits per heavy atom. The minimum atomic E-state index is -3.87. The number of hydrogen-bond acceptors (Lipinski definition) is 4. The van der Waals surface area contributed by atoms with E-state index in [0.29, 0.717) is 30.1 Å². The summed E-state index contributed by atoms with van der Waals surface area (Å²) in [5.41, 5.74) is 1.96. The van der Waals surface area contributed by atoms with Gasteiger partial charge < -0.3 is 10.1 Å². The van der Waals surface area contributed by atoms with Crippen LogP contribution in [0.2, 0.25) is 0 Å². The number of benzene rings is 2. The molecule has 2 aromatic rings. The van der Waals surface area contributed by atoms with Crippen molar-refractivity contribution in [3.63, 3.8) is 0 Å². The molecule has 0 spiro atoms. The molecule has 1 aliphatic rings. The Hall–Kier alpha value is -2.54. The van der Waals surface area contributed by atoms with Gasteiger partial charge >= 0.3 is 0 Å². The highest BCUT2D eigenvalue weighted by Gasteiger charge is 2.52. The van der Waals surface area contributed by atoms with Crippen LogP contribution in [0.15, 0.2) is 48.5 Å². The van der Waals surface area contributed by atoms with Gasteiger partial charge in [-0.15, -0.1) is 0 Å². The number of anilines is 2. The topological polar surface area (TPSA) is 75.7 Å². The van der Waals surface area contributed by atoms with E-state index >= 15 is 0 Å². The maximum atomic E-state index is 13.3. The van der Waals surface area contributed by atoms with Crippen molar-refractivity contribution in [2.75, 3.05) is 23.3 Å². The Kier molecular flexibility index (Phi) is 5.15. The van der Waals surface area contributed by atoms with Gasteiger partial charge in [-0.1, -0.05) is 18.2 Å². The molecule has 2 aromatic carbocycles. The first-order valence-electron chi connectivity index (χ1n) is 8.83. The van der Waals surface area contributed by atoms with Crippen LogP contribution >= 0.6 is 0 Å². The number of methoxy groups -OCH3 is 1. The van der Waals surface area contributed by atoms with Gasteiger partial charge in [-0.25, -0.2) is 8.42 Å². The number of nitrogens with one attached hydrogen (secondary N) is 1. The zero-order valence-corrected chi connectivity index (χ0v) is 16.5. The average Bonchev–Trinajstić information content (AvgIpc) is 2.66. The Morgan fingerprint density at radius 1 is 1.19 bits per heavy atom. The van der Waals surface area contributed by atoms with Crippen molar-refractivity contribution in [1.29, 1.82) is 0 Å². The second-order valence-corrected chi connectivity index (χ2v) is 9.17. The molecule has 1 saturated heterocycles. The van der Waals surface area contributed by atoms with Crippen LogP contribution in [0.25, 0.3) is 0 Å². The number of rotatable bonds is 4. The van der Waals surface area contributed by atoms with Crippen molar-refractivity contribution in [2.45, 2.75) is 31.4 Å². The Balaban J connectivity index is 1.91. The predicted molar refractivity (Wildman–Crippen MR) is 107 cm³/mol. The molecule has 3 rings (SSSR count). The molecule has 6 nitrogen and oxygen atoms in total. The van der Waals surface area contributed by atoms with Crippen LogP contribution in [0.5, 0.6) is 5.75 Å². The summed E-state index contributed by atoms with van der Waals surface area (Å²) in [7, 11) is -2.30. The predicted octanol–water partition coefficient (Wildman–Crippen LogP) is 3.33. The number of para-hydroxylation sites is 1. The van der Waals surface area contributed by atoms with E-state index < -0.39 is 20.7 Å².